The van der Waals surface area contributed by atoms with Gasteiger partial charge in [-0.1, -0.05) is 12.5 Å². The van der Waals surface area contributed by atoms with Crippen LogP contribution in [-0.2, 0) is 11.0 Å². The highest BCUT2D eigenvalue weighted by Crippen LogP contribution is 2.24. The fraction of sp³-hybridized carbons (Fsp3) is 0.500. The Balaban J connectivity index is 2.10. The first-order valence-corrected chi connectivity index (χ1v) is 7.01. The highest BCUT2D eigenvalue weighted by Gasteiger charge is 2.20. The molecular weight excluding hydrogens is 239 g/mol. The number of nitrogens with two attached hydrogens (primary N) is 1. The van der Waals surface area contributed by atoms with Gasteiger partial charge >= 0.3 is 0 Å². The van der Waals surface area contributed by atoms with Gasteiger partial charge in [-0.15, -0.1) is 0 Å². The second-order valence-corrected chi connectivity index (χ2v) is 5.54. The van der Waals surface area contributed by atoms with Gasteiger partial charge in [-0.05, 0) is 37.5 Å². The number of rotatable bonds is 4. The van der Waals surface area contributed by atoms with Gasteiger partial charge in [-0.2, -0.15) is 0 Å². The molecule has 0 heterocycles. The lowest BCUT2D eigenvalue weighted by molar-refractivity contribution is 0.313. The molecule has 2 unspecified atom stereocenters. The van der Waals surface area contributed by atoms with Gasteiger partial charge in [0.15, 0.2) is 0 Å². The Morgan fingerprint density at radius 3 is 2.71 bits per heavy atom. The first-order valence-electron chi connectivity index (χ1n) is 5.79. The molecule has 0 amide bonds. The van der Waals surface area contributed by atoms with Crippen LogP contribution >= 0.6 is 0 Å². The standard InChI is InChI=1S/C12H17FN2OS/c1-8(15-10-3-2-4-10)9-5-6-12(17(14)16)11(13)7-9/h5-8,10,15H,2-4,14H2,1H3. The largest absolute Gasteiger partial charge is 0.307 e. The summed E-state index contributed by atoms with van der Waals surface area (Å²) in [5.41, 5.74) is 0.864. The first kappa shape index (κ1) is 12.7. The number of hydrogen-bond acceptors (Lipinski definition) is 2. The van der Waals surface area contributed by atoms with E-state index in [1.54, 1.807) is 6.07 Å². The van der Waals surface area contributed by atoms with Gasteiger partial charge in [0, 0.05) is 12.1 Å². The first-order chi connectivity index (χ1) is 8.08. The minimum absolute atomic E-state index is 0.0598. The van der Waals surface area contributed by atoms with Crippen LogP contribution < -0.4 is 10.5 Å². The Bertz CT molecular complexity index is 435. The minimum atomic E-state index is -1.76. The summed E-state index contributed by atoms with van der Waals surface area (Å²) in [6.45, 7) is 2.01. The number of halogens is 1. The zero-order chi connectivity index (χ0) is 12.4. The van der Waals surface area contributed by atoms with Crippen LogP contribution in [0.1, 0.15) is 37.8 Å². The second-order valence-electron chi connectivity index (χ2n) is 4.50. The maximum atomic E-state index is 13.6. The van der Waals surface area contributed by atoms with Crippen LogP contribution in [0.5, 0.6) is 0 Å². The molecule has 3 N–H and O–H groups in total. The molecule has 2 rings (SSSR count). The van der Waals surface area contributed by atoms with Crippen molar-refractivity contribution in [1.82, 2.24) is 5.32 Å². The maximum Gasteiger partial charge on any atom is 0.141 e. The van der Waals surface area contributed by atoms with Gasteiger partial charge < -0.3 is 5.32 Å². The molecule has 2 atom stereocenters. The SMILES string of the molecule is CC(NC1CCC1)c1ccc(S(N)=O)c(F)c1. The molecule has 0 radical (unpaired) electrons. The molecule has 0 bridgehead atoms. The van der Waals surface area contributed by atoms with Gasteiger partial charge in [-0.25, -0.2) is 13.7 Å². The molecule has 0 spiro atoms. The number of benzene rings is 1. The van der Waals surface area contributed by atoms with Crippen LogP contribution in [0.15, 0.2) is 23.1 Å². The molecule has 17 heavy (non-hydrogen) atoms. The van der Waals surface area contributed by atoms with E-state index in [0.717, 1.165) is 5.56 Å². The molecular formula is C12H17FN2OS. The van der Waals surface area contributed by atoms with Crippen LogP contribution in [-0.4, -0.2) is 10.3 Å². The zero-order valence-electron chi connectivity index (χ0n) is 9.78. The van der Waals surface area contributed by atoms with Crippen molar-refractivity contribution in [3.63, 3.8) is 0 Å². The monoisotopic (exact) mass is 256 g/mol. The van der Waals surface area contributed by atoms with Crippen LogP contribution in [0.25, 0.3) is 0 Å². The summed E-state index contributed by atoms with van der Waals surface area (Å²) in [7, 11) is -1.76. The average Bonchev–Trinajstić information content (AvgIpc) is 2.22. The fourth-order valence-corrected chi connectivity index (χ4v) is 2.43. The number of hydrogen-bond donors (Lipinski definition) is 2. The van der Waals surface area contributed by atoms with E-state index in [0.29, 0.717) is 6.04 Å². The summed E-state index contributed by atoms with van der Waals surface area (Å²) >= 11 is 0. The van der Waals surface area contributed by atoms with Gasteiger partial charge in [0.1, 0.15) is 16.8 Å². The van der Waals surface area contributed by atoms with E-state index in [1.807, 2.05) is 6.92 Å². The molecule has 5 heteroatoms. The molecule has 0 aliphatic heterocycles. The Morgan fingerprint density at radius 2 is 2.24 bits per heavy atom. The van der Waals surface area contributed by atoms with Gasteiger partial charge in [0.2, 0.25) is 0 Å². The minimum Gasteiger partial charge on any atom is -0.307 e. The normalized spacial score (nSPS) is 19.7. The van der Waals surface area contributed by atoms with Crippen molar-refractivity contribution in [1.29, 1.82) is 0 Å². The predicted octanol–water partition coefficient (Wildman–Crippen LogP) is 2.01. The summed E-state index contributed by atoms with van der Waals surface area (Å²) in [5.74, 6) is -0.495. The van der Waals surface area contributed by atoms with Crippen molar-refractivity contribution < 1.29 is 8.60 Å². The van der Waals surface area contributed by atoms with Crippen LogP contribution in [0.3, 0.4) is 0 Å². The van der Waals surface area contributed by atoms with Crippen molar-refractivity contribution in [2.24, 2.45) is 5.14 Å². The summed E-state index contributed by atoms with van der Waals surface area (Å²) in [6.07, 6.45) is 3.65. The summed E-state index contributed by atoms with van der Waals surface area (Å²) < 4.78 is 24.6. The van der Waals surface area contributed by atoms with Crippen molar-refractivity contribution in [3.05, 3.63) is 29.6 Å². The van der Waals surface area contributed by atoms with Crippen LogP contribution in [0, 0.1) is 5.82 Å². The van der Waals surface area contributed by atoms with Crippen LogP contribution in [0.2, 0.25) is 0 Å². The van der Waals surface area contributed by atoms with Crippen molar-refractivity contribution >= 4 is 11.0 Å². The third-order valence-electron chi connectivity index (χ3n) is 3.26. The smallest absolute Gasteiger partial charge is 0.141 e. The lowest BCUT2D eigenvalue weighted by Gasteiger charge is -2.30. The Labute approximate surface area is 103 Å². The van der Waals surface area contributed by atoms with Crippen molar-refractivity contribution in [2.75, 3.05) is 0 Å². The molecule has 0 saturated heterocycles. The second kappa shape index (κ2) is 5.25. The van der Waals surface area contributed by atoms with E-state index < -0.39 is 16.8 Å². The Hall–Kier alpha value is -0.780. The molecule has 3 nitrogen and oxygen atoms in total. The lowest BCUT2D eigenvalue weighted by Crippen LogP contribution is -2.36. The van der Waals surface area contributed by atoms with Gasteiger partial charge in [0.05, 0.1) is 4.90 Å². The highest BCUT2D eigenvalue weighted by molar-refractivity contribution is 7.82. The summed E-state index contributed by atoms with van der Waals surface area (Å²) in [6, 6.07) is 5.35. The third kappa shape index (κ3) is 2.91. The predicted molar refractivity (Wildman–Crippen MR) is 66.2 cm³/mol. The molecule has 1 aliphatic rings. The van der Waals surface area contributed by atoms with E-state index in [4.69, 9.17) is 5.14 Å². The van der Waals surface area contributed by atoms with E-state index >= 15 is 0 Å². The van der Waals surface area contributed by atoms with Gasteiger partial charge in [0.25, 0.3) is 0 Å². The van der Waals surface area contributed by atoms with Crippen molar-refractivity contribution in [3.8, 4) is 0 Å². The van der Waals surface area contributed by atoms with E-state index in [-0.39, 0.29) is 10.9 Å². The molecule has 1 fully saturated rings. The summed E-state index contributed by atoms with van der Waals surface area (Å²) in [4.78, 5) is 0.0598. The average molecular weight is 256 g/mol. The Morgan fingerprint density at radius 1 is 1.53 bits per heavy atom. The molecule has 0 aromatic heterocycles. The maximum absolute atomic E-state index is 13.6. The molecule has 94 valence electrons. The van der Waals surface area contributed by atoms with Crippen molar-refractivity contribution in [2.45, 2.75) is 43.2 Å². The van der Waals surface area contributed by atoms with Crippen LogP contribution in [0.4, 0.5) is 4.39 Å². The number of nitrogens with one attached hydrogen (secondary N) is 1. The fourth-order valence-electron chi connectivity index (χ4n) is 1.97. The quantitative estimate of drug-likeness (QED) is 0.866. The van der Waals surface area contributed by atoms with E-state index in [1.165, 1.54) is 31.4 Å². The molecule has 1 aromatic carbocycles. The molecule has 1 aromatic rings. The zero-order valence-corrected chi connectivity index (χ0v) is 10.6. The van der Waals surface area contributed by atoms with Gasteiger partial charge in [-0.3, -0.25) is 0 Å². The van der Waals surface area contributed by atoms with E-state index in [2.05, 4.69) is 5.32 Å². The third-order valence-corrected chi connectivity index (χ3v) is 4.03. The highest BCUT2D eigenvalue weighted by atomic mass is 32.2. The molecule has 1 aliphatic carbocycles. The summed E-state index contributed by atoms with van der Waals surface area (Å²) in [5, 5.41) is 8.60. The molecule has 1 saturated carbocycles. The Kier molecular flexibility index (Phi) is 3.91. The topological polar surface area (TPSA) is 55.1 Å². The van der Waals surface area contributed by atoms with E-state index in [9.17, 15) is 8.60 Å². The lowest BCUT2D eigenvalue weighted by atomic mass is 9.92.